The third-order valence-corrected chi connectivity index (χ3v) is 11.4. The average molecular weight is 710 g/mol. The molecule has 1 aromatic carbocycles. The minimum Gasteiger partial charge on any atom is -0.482 e. The number of nitrogens with one attached hydrogen (secondary N) is 2. The first-order valence-electron chi connectivity index (χ1n) is 17.8. The van der Waals surface area contributed by atoms with E-state index < -0.39 is 54.7 Å². The summed E-state index contributed by atoms with van der Waals surface area (Å²) in [6, 6.07) is 5.13. The molecule has 7 rings (SSSR count). The molecule has 1 spiro atoms. The lowest BCUT2D eigenvalue weighted by Gasteiger charge is -2.43. The first-order valence-corrected chi connectivity index (χ1v) is 17.8. The van der Waals surface area contributed by atoms with Crippen molar-refractivity contribution in [2.45, 2.75) is 101 Å². The lowest BCUT2D eigenvalue weighted by atomic mass is 9.65. The molecule has 51 heavy (non-hydrogen) atoms. The molecule has 2 fully saturated rings. The van der Waals surface area contributed by atoms with Crippen LogP contribution in [0.4, 0.5) is 0 Å². The Balaban J connectivity index is 1.24. The molecule has 0 unspecified atom stereocenters. The number of ether oxygens (including phenoxy) is 1. The second-order valence-corrected chi connectivity index (χ2v) is 14.8. The van der Waals surface area contributed by atoms with Gasteiger partial charge in [0.15, 0.2) is 16.8 Å². The van der Waals surface area contributed by atoms with E-state index in [0.29, 0.717) is 53.1 Å². The third kappa shape index (κ3) is 6.47. The molecule has 3 aromatic heterocycles. The van der Waals surface area contributed by atoms with Crippen molar-refractivity contribution in [3.63, 3.8) is 0 Å². The molecule has 1 saturated heterocycles. The van der Waals surface area contributed by atoms with E-state index in [9.17, 15) is 30.0 Å². The van der Waals surface area contributed by atoms with Crippen LogP contribution in [0.3, 0.4) is 0 Å². The molecular weight excluding hydrogens is 662 g/mol. The van der Waals surface area contributed by atoms with Gasteiger partial charge in [0.25, 0.3) is 0 Å². The Morgan fingerprint density at radius 1 is 1.06 bits per heavy atom. The van der Waals surface area contributed by atoms with Gasteiger partial charge in [-0.1, -0.05) is 19.3 Å². The van der Waals surface area contributed by atoms with Gasteiger partial charge in [0.05, 0.1) is 22.9 Å². The number of hydrogen-bond donors (Lipinski definition) is 7. The molecule has 1 amide bonds. The number of H-pyrrole nitrogens is 1. The van der Waals surface area contributed by atoms with Crippen LogP contribution >= 0.6 is 0 Å². The van der Waals surface area contributed by atoms with Gasteiger partial charge in [-0.05, 0) is 57.6 Å². The number of hydrogen-bond acceptors (Lipinski definition) is 11. The van der Waals surface area contributed by atoms with Crippen molar-refractivity contribution >= 4 is 27.8 Å². The summed E-state index contributed by atoms with van der Waals surface area (Å²) in [6.45, 7) is 2.84. The summed E-state index contributed by atoms with van der Waals surface area (Å²) in [6.07, 6.45) is 4.13. The molecule has 14 heteroatoms. The predicted octanol–water partition coefficient (Wildman–Crippen LogP) is 2.30. The molecule has 5 heterocycles. The zero-order valence-electron chi connectivity index (χ0n) is 28.8. The molecule has 276 valence electrons. The van der Waals surface area contributed by atoms with Gasteiger partial charge in [-0.15, -0.1) is 0 Å². The Hall–Kier alpha value is -3.76. The Kier molecular flexibility index (Phi) is 9.78. The highest BCUT2D eigenvalue weighted by Gasteiger charge is 2.52. The van der Waals surface area contributed by atoms with Crippen LogP contribution in [0.1, 0.15) is 63.2 Å². The SMILES string of the molecule is Cc1cc(=O)c2cc3c(c(-n4cc5cc[nH]c5c4)c2o1)O[C@](C)(CC[C@H]1CNC(=O)C12CCCCC2)[C@H](OOC[C@H](O)[C@@H](O)[C@H](O)[C@H](O)CO)C3. The minimum atomic E-state index is -1.83. The fraction of sp³-hybridized carbons (Fsp3) is 0.568. The monoisotopic (exact) mass is 709 g/mol. The molecule has 1 saturated carbocycles. The van der Waals surface area contributed by atoms with Gasteiger partial charge in [0.1, 0.15) is 54.2 Å². The quantitative estimate of drug-likeness (QED) is 0.0839. The van der Waals surface area contributed by atoms with Crippen LogP contribution in [0.2, 0.25) is 0 Å². The highest BCUT2D eigenvalue weighted by molar-refractivity contribution is 5.91. The predicted molar refractivity (Wildman–Crippen MR) is 184 cm³/mol. The fourth-order valence-electron chi connectivity index (χ4n) is 8.35. The number of rotatable bonds is 12. The van der Waals surface area contributed by atoms with E-state index >= 15 is 0 Å². The van der Waals surface area contributed by atoms with Crippen molar-refractivity contribution in [1.82, 2.24) is 14.9 Å². The zero-order valence-corrected chi connectivity index (χ0v) is 28.8. The van der Waals surface area contributed by atoms with Gasteiger partial charge in [-0.2, -0.15) is 0 Å². The molecule has 0 radical (unpaired) electrons. The molecule has 0 bridgehead atoms. The highest BCUT2D eigenvalue weighted by Crippen LogP contribution is 2.50. The number of aromatic nitrogens is 2. The summed E-state index contributed by atoms with van der Waals surface area (Å²) in [5.41, 5.74) is 0.818. The van der Waals surface area contributed by atoms with Crippen molar-refractivity contribution in [3.8, 4) is 11.4 Å². The number of amides is 1. The number of aliphatic hydroxyl groups excluding tert-OH is 5. The summed E-state index contributed by atoms with van der Waals surface area (Å²) in [7, 11) is 0. The van der Waals surface area contributed by atoms with Gasteiger partial charge >= 0.3 is 0 Å². The number of carbonyl (C=O) groups excluding carboxylic acids is 1. The lowest BCUT2D eigenvalue weighted by molar-refractivity contribution is -0.360. The number of aliphatic hydroxyl groups is 5. The maximum Gasteiger partial charge on any atom is 0.226 e. The molecule has 1 aliphatic carbocycles. The maximum atomic E-state index is 13.3. The molecular formula is C37H47N3O11. The number of aromatic amines is 1. The van der Waals surface area contributed by atoms with E-state index in [1.165, 1.54) is 6.07 Å². The van der Waals surface area contributed by atoms with Gasteiger partial charge in [0, 0.05) is 48.6 Å². The first kappa shape index (κ1) is 35.6. The molecule has 7 atom stereocenters. The summed E-state index contributed by atoms with van der Waals surface area (Å²) in [5, 5.41) is 54.2. The summed E-state index contributed by atoms with van der Waals surface area (Å²) >= 11 is 0. The van der Waals surface area contributed by atoms with Crippen LogP contribution in [-0.4, -0.2) is 96.9 Å². The molecule has 4 aromatic rings. The van der Waals surface area contributed by atoms with Crippen LogP contribution in [0.25, 0.3) is 27.6 Å². The number of nitrogens with zero attached hydrogens (tertiary/aromatic N) is 1. The second kappa shape index (κ2) is 14.0. The van der Waals surface area contributed by atoms with Crippen molar-refractivity contribution in [2.24, 2.45) is 11.3 Å². The molecule has 3 aliphatic rings. The number of aryl methyl sites for hydroxylation is 1. The molecule has 2 aliphatic heterocycles. The van der Waals surface area contributed by atoms with Crippen molar-refractivity contribution in [3.05, 3.63) is 58.3 Å². The van der Waals surface area contributed by atoms with Crippen molar-refractivity contribution in [2.75, 3.05) is 19.8 Å². The van der Waals surface area contributed by atoms with E-state index in [2.05, 4.69) is 10.3 Å². The van der Waals surface area contributed by atoms with Crippen molar-refractivity contribution < 1.29 is 49.3 Å². The van der Waals surface area contributed by atoms with E-state index in [4.69, 9.17) is 24.0 Å². The molecule has 7 N–H and O–H groups in total. The van der Waals surface area contributed by atoms with Crippen LogP contribution in [0.5, 0.6) is 5.75 Å². The zero-order chi connectivity index (χ0) is 36.1. The maximum absolute atomic E-state index is 13.3. The summed E-state index contributed by atoms with van der Waals surface area (Å²) < 4.78 is 15.1. The second-order valence-electron chi connectivity index (χ2n) is 14.8. The topological polar surface area (TPSA) is 209 Å². The summed E-state index contributed by atoms with van der Waals surface area (Å²) in [4.78, 5) is 41.2. The number of benzene rings is 1. The van der Waals surface area contributed by atoms with E-state index in [1.807, 2.05) is 36.1 Å². The Morgan fingerprint density at radius 2 is 1.82 bits per heavy atom. The van der Waals surface area contributed by atoms with E-state index in [1.54, 1.807) is 13.0 Å². The fourth-order valence-corrected chi connectivity index (χ4v) is 8.35. The first-order chi connectivity index (χ1) is 24.4. The smallest absolute Gasteiger partial charge is 0.226 e. The number of fused-ring (bicyclic) bond motifs is 3. The van der Waals surface area contributed by atoms with Crippen molar-refractivity contribution in [1.29, 1.82) is 0 Å². The average Bonchev–Trinajstić information content (AvgIpc) is 3.81. The normalized spacial score (nSPS) is 25.4. The number of carbonyl (C=O) groups is 1. The Labute approximate surface area is 293 Å². The largest absolute Gasteiger partial charge is 0.482 e. The van der Waals surface area contributed by atoms with Gasteiger partial charge in [-0.3, -0.25) is 9.59 Å². The highest BCUT2D eigenvalue weighted by atomic mass is 17.2. The van der Waals surface area contributed by atoms with E-state index in [0.717, 1.165) is 43.0 Å². The molecule has 14 nitrogen and oxygen atoms in total. The standard InChI is InChI=1S/C37H47N3O11/c1-20-12-26(42)24-13-22-14-29(51-48-19-28(44)32(46)31(45)27(43)18-41)36(2,10-6-23-15-39-35(47)37(23)8-4-3-5-9-37)50-33(22)30(34(24)49-20)40-16-21-7-11-38-25(21)17-40/h7,11-13,16-17,23,27-29,31-32,38,41,43-46H,3-6,8-10,14-15,18-19H2,1-2H3,(H,39,47)/t23-,27+,28-,29+,31+,32+,36+/m0/s1. The summed E-state index contributed by atoms with van der Waals surface area (Å²) in [5.74, 6) is 1.17. The van der Waals surface area contributed by atoms with Gasteiger partial charge < -0.3 is 49.6 Å². The van der Waals surface area contributed by atoms with Crippen LogP contribution in [0, 0.1) is 18.3 Å². The van der Waals surface area contributed by atoms with Crippen LogP contribution in [0.15, 0.2) is 46.0 Å². The minimum absolute atomic E-state index is 0.0899. The lowest BCUT2D eigenvalue weighted by Crippen LogP contribution is -2.52. The Morgan fingerprint density at radius 3 is 2.57 bits per heavy atom. The van der Waals surface area contributed by atoms with Gasteiger partial charge in [0.2, 0.25) is 5.91 Å². The van der Waals surface area contributed by atoms with Crippen LogP contribution in [-0.2, 0) is 21.0 Å². The Bertz CT molecular complexity index is 1920. The third-order valence-electron chi connectivity index (χ3n) is 11.4. The van der Waals surface area contributed by atoms with Crippen LogP contribution < -0.4 is 15.5 Å². The van der Waals surface area contributed by atoms with E-state index in [-0.39, 0.29) is 23.7 Å². The van der Waals surface area contributed by atoms with Gasteiger partial charge in [-0.25, -0.2) is 9.78 Å².